The molecule has 202 valence electrons. The molecule has 2 N–H and O–H groups in total. The molecule has 0 amide bonds. The molecule has 6 aliphatic rings. The highest BCUT2D eigenvalue weighted by Crippen LogP contribution is 2.65. The van der Waals surface area contributed by atoms with Crippen LogP contribution in [0.1, 0.15) is 73.1 Å². The minimum atomic E-state index is -1.12. The van der Waals surface area contributed by atoms with E-state index in [9.17, 15) is 24.6 Å². The van der Waals surface area contributed by atoms with Crippen LogP contribution in [0.25, 0.3) is 0 Å². The molecule has 3 heterocycles. The zero-order valence-electron chi connectivity index (χ0n) is 22.3. The Morgan fingerprint density at radius 2 is 1.84 bits per heavy atom. The molecule has 0 aromatic carbocycles. The van der Waals surface area contributed by atoms with E-state index in [0.29, 0.717) is 31.3 Å². The molecule has 8 nitrogen and oxygen atoms in total. The van der Waals surface area contributed by atoms with Crippen LogP contribution >= 0.6 is 0 Å². The maximum absolute atomic E-state index is 13.5. The number of ether oxygens (including phenoxy) is 3. The number of cyclic esters (lactones) is 1. The van der Waals surface area contributed by atoms with Gasteiger partial charge < -0.3 is 24.4 Å². The fourth-order valence-corrected chi connectivity index (χ4v) is 9.14. The molecule has 37 heavy (non-hydrogen) atoms. The second-order valence-corrected chi connectivity index (χ2v) is 13.3. The second-order valence-electron chi connectivity index (χ2n) is 13.3. The Balaban J connectivity index is 1.31. The highest BCUT2D eigenvalue weighted by molar-refractivity contribution is 5.97. The van der Waals surface area contributed by atoms with Crippen LogP contribution in [0.4, 0.5) is 0 Å². The van der Waals surface area contributed by atoms with Gasteiger partial charge in [-0.2, -0.15) is 0 Å². The number of esters is 2. The summed E-state index contributed by atoms with van der Waals surface area (Å²) in [7, 11) is 0. The lowest BCUT2D eigenvalue weighted by molar-refractivity contribution is -0.163. The predicted molar refractivity (Wildman–Crippen MR) is 131 cm³/mol. The number of aliphatic hydroxyl groups is 2. The smallest absolute Gasteiger partial charge is 0.334 e. The van der Waals surface area contributed by atoms with Crippen LogP contribution in [0.15, 0.2) is 23.3 Å². The molecule has 4 fully saturated rings. The first-order chi connectivity index (χ1) is 17.2. The van der Waals surface area contributed by atoms with Gasteiger partial charge in [-0.1, -0.05) is 19.4 Å². The van der Waals surface area contributed by atoms with Gasteiger partial charge in [-0.25, -0.2) is 4.79 Å². The van der Waals surface area contributed by atoms with Gasteiger partial charge in [-0.15, -0.1) is 0 Å². The monoisotopic (exact) mass is 514 g/mol. The Hall–Kier alpha value is -2.03. The summed E-state index contributed by atoms with van der Waals surface area (Å²) in [6.45, 7) is 9.66. The van der Waals surface area contributed by atoms with E-state index >= 15 is 0 Å². The van der Waals surface area contributed by atoms with Gasteiger partial charge in [0.15, 0.2) is 5.78 Å². The Labute approximate surface area is 217 Å². The first kappa shape index (κ1) is 25.3. The quantitative estimate of drug-likeness (QED) is 0.552. The van der Waals surface area contributed by atoms with E-state index in [4.69, 9.17) is 14.2 Å². The summed E-state index contributed by atoms with van der Waals surface area (Å²) in [5.41, 5.74) is -1.57. The van der Waals surface area contributed by atoms with Crippen molar-refractivity contribution in [3.8, 4) is 0 Å². The highest BCUT2D eigenvalue weighted by atomic mass is 16.6. The number of carbonyl (C=O) groups excluding carboxylic acids is 3. The Bertz CT molecular complexity index is 1140. The van der Waals surface area contributed by atoms with Crippen LogP contribution < -0.4 is 0 Å². The van der Waals surface area contributed by atoms with Gasteiger partial charge in [0.1, 0.15) is 17.8 Å². The average Bonchev–Trinajstić information content (AvgIpc) is 3.40. The van der Waals surface area contributed by atoms with Gasteiger partial charge >= 0.3 is 11.9 Å². The molecule has 10 unspecified atom stereocenters. The van der Waals surface area contributed by atoms with E-state index in [-0.39, 0.29) is 36.1 Å². The largest absolute Gasteiger partial charge is 0.456 e. The standard InChI is InChI=1S/C29H38O8/c1-14-10-19(35-25(14)33)24(32)15(2)23-18(30)11-17-16-6-7-20-26(3,4)36-21-12-22(31)37-29(20,21)13-28(16,34)9-8-27(17,23)5/h10-11,15-16,19-21,23-24,32,34H,6-9,12-13H2,1-5H3. The molecule has 2 saturated carbocycles. The second kappa shape index (κ2) is 7.76. The van der Waals surface area contributed by atoms with Gasteiger partial charge in [-0.3, -0.25) is 9.59 Å². The van der Waals surface area contributed by atoms with E-state index in [1.54, 1.807) is 19.1 Å². The maximum atomic E-state index is 13.5. The van der Waals surface area contributed by atoms with Crippen molar-refractivity contribution in [1.82, 2.24) is 0 Å². The van der Waals surface area contributed by atoms with Gasteiger partial charge in [0, 0.05) is 29.7 Å². The van der Waals surface area contributed by atoms with Gasteiger partial charge in [0.05, 0.1) is 23.7 Å². The average molecular weight is 515 g/mol. The fraction of sp³-hybridized carbons (Fsp3) is 0.759. The van der Waals surface area contributed by atoms with Crippen molar-refractivity contribution in [2.24, 2.45) is 29.1 Å². The zero-order chi connectivity index (χ0) is 26.7. The summed E-state index contributed by atoms with van der Waals surface area (Å²) in [4.78, 5) is 37.8. The SMILES string of the molecule is CC1=CC(C(O)C(C)C2C(=O)C=C3C4CCC5C(C)(C)OC6CC(=O)OC65CC4(O)CCC32C)OC1=O. The number of rotatable bonds is 3. The highest BCUT2D eigenvalue weighted by Gasteiger charge is 2.71. The molecule has 3 aliphatic heterocycles. The summed E-state index contributed by atoms with van der Waals surface area (Å²) in [5.74, 6) is -1.98. The van der Waals surface area contributed by atoms with Crippen molar-refractivity contribution in [3.63, 3.8) is 0 Å². The lowest BCUT2D eigenvalue weighted by Crippen LogP contribution is -2.55. The first-order valence-electron chi connectivity index (χ1n) is 13.7. The lowest BCUT2D eigenvalue weighted by Gasteiger charge is -2.52. The van der Waals surface area contributed by atoms with E-state index in [2.05, 4.69) is 6.92 Å². The van der Waals surface area contributed by atoms with E-state index in [1.807, 2.05) is 20.8 Å². The topological polar surface area (TPSA) is 119 Å². The molecule has 0 bridgehead atoms. The molecular formula is C29H38O8. The summed E-state index contributed by atoms with van der Waals surface area (Å²) in [6, 6.07) is 0. The Morgan fingerprint density at radius 1 is 1.11 bits per heavy atom. The van der Waals surface area contributed by atoms with E-state index < -0.39 is 52.2 Å². The molecule has 2 saturated heterocycles. The van der Waals surface area contributed by atoms with Crippen molar-refractivity contribution >= 4 is 17.7 Å². The van der Waals surface area contributed by atoms with Crippen molar-refractivity contribution in [2.45, 2.75) is 108 Å². The summed E-state index contributed by atoms with van der Waals surface area (Å²) in [6.07, 6.45) is 4.13. The number of ketones is 1. The van der Waals surface area contributed by atoms with Gasteiger partial charge in [-0.05, 0) is 69.9 Å². The third-order valence-corrected chi connectivity index (χ3v) is 10.8. The number of hydrogen-bond acceptors (Lipinski definition) is 8. The summed E-state index contributed by atoms with van der Waals surface area (Å²) < 4.78 is 17.7. The molecule has 0 aromatic heterocycles. The predicted octanol–water partition coefficient (Wildman–Crippen LogP) is 2.79. The van der Waals surface area contributed by atoms with Crippen molar-refractivity contribution in [3.05, 3.63) is 23.3 Å². The number of fused-ring (bicyclic) bond motifs is 3. The van der Waals surface area contributed by atoms with Gasteiger partial charge in [0.25, 0.3) is 0 Å². The summed E-state index contributed by atoms with van der Waals surface area (Å²) in [5, 5.41) is 23.4. The molecule has 3 aliphatic carbocycles. The van der Waals surface area contributed by atoms with Crippen LogP contribution in [0, 0.1) is 29.1 Å². The minimum absolute atomic E-state index is 0.0429. The summed E-state index contributed by atoms with van der Waals surface area (Å²) >= 11 is 0. The molecule has 6 rings (SSSR count). The Kier molecular flexibility index (Phi) is 5.30. The third-order valence-electron chi connectivity index (χ3n) is 10.8. The number of carbonyl (C=O) groups is 3. The van der Waals surface area contributed by atoms with Crippen molar-refractivity contribution in [2.75, 3.05) is 0 Å². The van der Waals surface area contributed by atoms with Gasteiger partial charge in [0.2, 0.25) is 0 Å². The molecule has 0 aromatic rings. The van der Waals surface area contributed by atoms with Crippen LogP contribution in [-0.4, -0.2) is 63.0 Å². The number of allylic oxidation sites excluding steroid dienone is 1. The van der Waals surface area contributed by atoms with Crippen molar-refractivity contribution < 1.29 is 38.8 Å². The molecule has 1 spiro atoms. The number of aliphatic hydroxyl groups excluding tert-OH is 1. The molecule has 0 radical (unpaired) electrons. The maximum Gasteiger partial charge on any atom is 0.334 e. The molecule has 8 heteroatoms. The van der Waals surface area contributed by atoms with Crippen LogP contribution in [-0.2, 0) is 28.6 Å². The molecular weight excluding hydrogens is 476 g/mol. The van der Waals surface area contributed by atoms with Crippen LogP contribution in [0.5, 0.6) is 0 Å². The van der Waals surface area contributed by atoms with Crippen LogP contribution in [0.2, 0.25) is 0 Å². The van der Waals surface area contributed by atoms with Crippen molar-refractivity contribution in [1.29, 1.82) is 0 Å². The van der Waals surface area contributed by atoms with E-state index in [0.717, 1.165) is 12.0 Å². The Morgan fingerprint density at radius 3 is 2.51 bits per heavy atom. The normalized spacial score (nSPS) is 47.5. The van der Waals surface area contributed by atoms with Crippen LogP contribution in [0.3, 0.4) is 0 Å². The third kappa shape index (κ3) is 3.34. The molecule has 10 atom stereocenters. The number of hydrogen-bond donors (Lipinski definition) is 2. The van der Waals surface area contributed by atoms with E-state index in [1.165, 1.54) is 0 Å². The fourth-order valence-electron chi connectivity index (χ4n) is 9.14. The first-order valence-corrected chi connectivity index (χ1v) is 13.7. The zero-order valence-corrected chi connectivity index (χ0v) is 22.3. The lowest BCUT2D eigenvalue weighted by atomic mass is 9.55. The minimum Gasteiger partial charge on any atom is -0.456 e.